The molecule has 2 N–H and O–H groups in total. The molecule has 3 rings (SSSR count). The highest BCUT2D eigenvalue weighted by Crippen LogP contribution is 2.40. The van der Waals surface area contributed by atoms with Crippen molar-refractivity contribution in [2.45, 2.75) is 32.4 Å². The summed E-state index contributed by atoms with van der Waals surface area (Å²) in [5, 5.41) is 4.68. The highest BCUT2D eigenvalue weighted by atomic mass is 16.2. The van der Waals surface area contributed by atoms with Gasteiger partial charge in [0.15, 0.2) is 0 Å². The zero-order chi connectivity index (χ0) is 12.0. The summed E-state index contributed by atoms with van der Waals surface area (Å²) in [5.74, 6) is 0.556. The number of nitrogens with one attached hydrogen (secondary N) is 2. The number of aryl methyl sites for hydroxylation is 1. The number of para-hydroxylation sites is 1. The van der Waals surface area contributed by atoms with Crippen LogP contribution in [0.2, 0.25) is 0 Å². The number of carbonyl (C=O) groups excluding carboxylic acids is 1. The fourth-order valence-corrected chi connectivity index (χ4v) is 2.43. The normalized spacial score (nSPS) is 28.4. The van der Waals surface area contributed by atoms with Crippen molar-refractivity contribution in [1.29, 1.82) is 0 Å². The molecule has 4 nitrogen and oxygen atoms in total. The maximum Gasteiger partial charge on any atom is 0.338 e. The highest BCUT2D eigenvalue weighted by Gasteiger charge is 2.49. The Hall–Kier alpha value is -1.55. The van der Waals surface area contributed by atoms with Crippen molar-refractivity contribution in [2.24, 2.45) is 5.92 Å². The van der Waals surface area contributed by atoms with Gasteiger partial charge < -0.3 is 5.32 Å². The Morgan fingerprint density at radius 3 is 2.71 bits per heavy atom. The molecule has 4 heteroatoms. The minimum Gasteiger partial charge on any atom is -0.317 e. The van der Waals surface area contributed by atoms with Crippen LogP contribution < -0.4 is 15.8 Å². The van der Waals surface area contributed by atoms with Gasteiger partial charge in [0.2, 0.25) is 0 Å². The Bertz CT molecular complexity index is 469. The number of hydrogen-bond donors (Lipinski definition) is 2. The van der Waals surface area contributed by atoms with Gasteiger partial charge in [-0.25, -0.2) is 15.2 Å². The fraction of sp³-hybridized carbons (Fsp3) is 0.462. The second-order valence-electron chi connectivity index (χ2n) is 5.14. The second kappa shape index (κ2) is 3.47. The third kappa shape index (κ3) is 1.69. The Labute approximate surface area is 101 Å². The first kappa shape index (κ1) is 10.6. The number of nitrogens with zero attached hydrogens (tertiary/aromatic N) is 1. The lowest BCUT2D eigenvalue weighted by atomic mass is 10.1. The molecular formula is C13H17N3O. The molecule has 1 saturated carbocycles. The average molecular weight is 231 g/mol. The Kier molecular flexibility index (Phi) is 2.16. The average Bonchev–Trinajstić information content (AvgIpc) is 3.07. The number of benzene rings is 1. The number of rotatable bonds is 2. The first-order valence-corrected chi connectivity index (χ1v) is 6.06. The molecule has 0 spiro atoms. The molecule has 0 unspecified atom stereocenters. The predicted octanol–water partition coefficient (Wildman–Crippen LogP) is 2.16. The van der Waals surface area contributed by atoms with Crippen molar-refractivity contribution in [1.82, 2.24) is 10.7 Å². The number of carbonyl (C=O) groups is 1. The summed E-state index contributed by atoms with van der Waals surface area (Å²) in [7, 11) is 0. The van der Waals surface area contributed by atoms with E-state index >= 15 is 0 Å². The number of hydrazine groups is 1. The minimum atomic E-state index is -0.278. The third-order valence-electron chi connectivity index (χ3n) is 3.66. The second-order valence-corrected chi connectivity index (χ2v) is 5.14. The highest BCUT2D eigenvalue weighted by molar-refractivity contribution is 5.94. The summed E-state index contributed by atoms with van der Waals surface area (Å²) in [6, 6.07) is 7.84. The Morgan fingerprint density at radius 2 is 2.06 bits per heavy atom. The molecule has 1 atom stereocenters. The van der Waals surface area contributed by atoms with Crippen molar-refractivity contribution in [2.75, 3.05) is 5.01 Å². The van der Waals surface area contributed by atoms with E-state index in [1.54, 1.807) is 5.01 Å². The van der Waals surface area contributed by atoms with Crippen molar-refractivity contribution < 1.29 is 4.79 Å². The van der Waals surface area contributed by atoms with Crippen LogP contribution in [0.3, 0.4) is 0 Å². The largest absolute Gasteiger partial charge is 0.338 e. The van der Waals surface area contributed by atoms with E-state index in [0.29, 0.717) is 5.92 Å². The van der Waals surface area contributed by atoms with Crippen LogP contribution in [-0.2, 0) is 0 Å². The van der Waals surface area contributed by atoms with E-state index in [1.165, 1.54) is 12.8 Å². The van der Waals surface area contributed by atoms with Gasteiger partial charge in [-0.2, -0.15) is 0 Å². The first-order chi connectivity index (χ1) is 8.10. The summed E-state index contributed by atoms with van der Waals surface area (Å²) in [5.41, 5.74) is 5.05. The van der Waals surface area contributed by atoms with Crippen LogP contribution in [0.5, 0.6) is 0 Å². The lowest BCUT2D eigenvalue weighted by molar-refractivity contribution is 0.245. The van der Waals surface area contributed by atoms with Crippen LogP contribution >= 0.6 is 0 Å². The number of amides is 2. The molecular weight excluding hydrogens is 214 g/mol. The molecule has 1 aliphatic carbocycles. The van der Waals surface area contributed by atoms with Gasteiger partial charge in [0, 0.05) is 0 Å². The van der Waals surface area contributed by atoms with E-state index in [4.69, 9.17) is 0 Å². The molecule has 90 valence electrons. The molecule has 17 heavy (non-hydrogen) atoms. The lowest BCUT2D eigenvalue weighted by Gasteiger charge is -2.25. The van der Waals surface area contributed by atoms with Crippen molar-refractivity contribution in [3.8, 4) is 0 Å². The smallest absolute Gasteiger partial charge is 0.317 e. The van der Waals surface area contributed by atoms with Gasteiger partial charge in [0.25, 0.3) is 0 Å². The van der Waals surface area contributed by atoms with Crippen molar-refractivity contribution >= 4 is 11.7 Å². The van der Waals surface area contributed by atoms with Crippen molar-refractivity contribution in [3.63, 3.8) is 0 Å². The van der Waals surface area contributed by atoms with Crippen LogP contribution in [-0.4, -0.2) is 11.7 Å². The van der Waals surface area contributed by atoms with E-state index in [-0.39, 0.29) is 11.7 Å². The lowest BCUT2D eigenvalue weighted by Crippen LogP contribution is -2.50. The minimum absolute atomic E-state index is 0.0614. The molecule has 1 aromatic rings. The molecule has 0 aromatic heterocycles. The van der Waals surface area contributed by atoms with E-state index in [9.17, 15) is 4.79 Å². The third-order valence-corrected chi connectivity index (χ3v) is 3.66. The van der Waals surface area contributed by atoms with Gasteiger partial charge in [0.1, 0.15) is 5.66 Å². The maximum atomic E-state index is 12.0. The van der Waals surface area contributed by atoms with E-state index in [2.05, 4.69) is 17.7 Å². The fourth-order valence-electron chi connectivity index (χ4n) is 2.43. The molecule has 2 aliphatic rings. The quantitative estimate of drug-likeness (QED) is 0.819. The van der Waals surface area contributed by atoms with E-state index in [0.717, 1.165) is 11.3 Å². The van der Waals surface area contributed by atoms with Crippen LogP contribution in [0.25, 0.3) is 0 Å². The standard InChI is InChI=1S/C13H17N3O/c1-9-5-3-4-6-11(9)16-12(17)14-13(2,15-16)10-7-8-10/h3-6,10,15H,7-8H2,1-2H3,(H,14,17)/t13-/m0/s1. The molecule has 1 saturated heterocycles. The monoisotopic (exact) mass is 231 g/mol. The van der Waals surface area contributed by atoms with Crippen molar-refractivity contribution in [3.05, 3.63) is 29.8 Å². The molecule has 2 fully saturated rings. The van der Waals surface area contributed by atoms with Crippen LogP contribution in [0.1, 0.15) is 25.3 Å². The van der Waals surface area contributed by atoms with Gasteiger partial charge in [0.05, 0.1) is 5.69 Å². The summed E-state index contributed by atoms with van der Waals surface area (Å²) < 4.78 is 0. The number of urea groups is 1. The zero-order valence-corrected chi connectivity index (χ0v) is 10.2. The summed E-state index contributed by atoms with van der Waals surface area (Å²) in [6.07, 6.45) is 2.37. The van der Waals surface area contributed by atoms with Gasteiger partial charge in [-0.3, -0.25) is 0 Å². The molecule has 1 aliphatic heterocycles. The predicted molar refractivity (Wildman–Crippen MR) is 66.5 cm³/mol. The van der Waals surface area contributed by atoms with Crippen LogP contribution in [0.15, 0.2) is 24.3 Å². The Morgan fingerprint density at radius 1 is 1.35 bits per heavy atom. The maximum absolute atomic E-state index is 12.0. The molecule has 1 heterocycles. The molecule has 1 aromatic carbocycles. The number of hydrogen-bond acceptors (Lipinski definition) is 2. The SMILES string of the molecule is Cc1ccccc1N1N[C@@](C)(C2CC2)NC1=O. The molecule has 0 radical (unpaired) electrons. The van der Waals surface area contributed by atoms with Gasteiger partial charge in [-0.15, -0.1) is 0 Å². The molecule has 0 bridgehead atoms. The topological polar surface area (TPSA) is 44.4 Å². The zero-order valence-electron chi connectivity index (χ0n) is 10.2. The van der Waals surface area contributed by atoms with Gasteiger partial charge >= 0.3 is 6.03 Å². The summed E-state index contributed by atoms with van der Waals surface area (Å²) in [4.78, 5) is 12.0. The number of anilines is 1. The molecule has 2 amide bonds. The van der Waals surface area contributed by atoms with Crippen LogP contribution in [0.4, 0.5) is 10.5 Å². The van der Waals surface area contributed by atoms with E-state index < -0.39 is 0 Å². The Balaban J connectivity index is 1.90. The summed E-state index contributed by atoms with van der Waals surface area (Å²) >= 11 is 0. The summed E-state index contributed by atoms with van der Waals surface area (Å²) in [6.45, 7) is 4.07. The van der Waals surface area contributed by atoms with Gasteiger partial charge in [-0.1, -0.05) is 18.2 Å². The first-order valence-electron chi connectivity index (χ1n) is 6.06. The van der Waals surface area contributed by atoms with E-state index in [1.807, 2.05) is 31.2 Å². The van der Waals surface area contributed by atoms with Gasteiger partial charge in [-0.05, 0) is 44.2 Å². The van der Waals surface area contributed by atoms with Crippen LogP contribution in [0, 0.1) is 12.8 Å².